The second-order valence-electron chi connectivity index (χ2n) is 4.57. The third-order valence-corrected chi connectivity index (χ3v) is 4.30. The molecule has 0 unspecified atom stereocenters. The standard InChI is InChI=1S/C15H15N3O2S/c1-3-20-15(19)11-12-13(21-14(11)16)9(2)17-18(12)10-7-5-4-6-8-10/h4-8H,3,16H2,1-2H3. The molecule has 0 amide bonds. The molecule has 0 radical (unpaired) electrons. The monoisotopic (exact) mass is 301 g/mol. The summed E-state index contributed by atoms with van der Waals surface area (Å²) in [6, 6.07) is 9.67. The number of rotatable bonds is 3. The van der Waals surface area contributed by atoms with Crippen molar-refractivity contribution < 1.29 is 9.53 Å². The van der Waals surface area contributed by atoms with E-state index in [4.69, 9.17) is 10.5 Å². The first kappa shape index (κ1) is 13.6. The van der Waals surface area contributed by atoms with Gasteiger partial charge in [-0.15, -0.1) is 11.3 Å². The van der Waals surface area contributed by atoms with E-state index in [1.807, 2.05) is 37.3 Å². The number of esters is 1. The highest BCUT2D eigenvalue weighted by Crippen LogP contribution is 2.37. The summed E-state index contributed by atoms with van der Waals surface area (Å²) in [7, 11) is 0. The van der Waals surface area contributed by atoms with Crippen LogP contribution in [0.1, 0.15) is 23.0 Å². The molecule has 0 aliphatic rings. The zero-order chi connectivity index (χ0) is 15.0. The van der Waals surface area contributed by atoms with Gasteiger partial charge in [-0.2, -0.15) is 5.10 Å². The molecule has 0 atom stereocenters. The molecule has 6 heteroatoms. The maximum atomic E-state index is 12.2. The number of nitrogen functional groups attached to an aromatic ring is 1. The topological polar surface area (TPSA) is 70.1 Å². The smallest absolute Gasteiger partial charge is 0.343 e. The number of thiophene rings is 1. The lowest BCUT2D eigenvalue weighted by atomic mass is 10.2. The number of hydrogen-bond acceptors (Lipinski definition) is 5. The number of nitrogens with zero attached hydrogens (tertiary/aromatic N) is 2. The van der Waals surface area contributed by atoms with Gasteiger partial charge in [-0.05, 0) is 26.0 Å². The molecule has 0 spiro atoms. The van der Waals surface area contributed by atoms with Gasteiger partial charge in [-0.1, -0.05) is 18.2 Å². The Hall–Kier alpha value is -2.34. The van der Waals surface area contributed by atoms with Gasteiger partial charge in [-0.3, -0.25) is 0 Å². The molecule has 2 heterocycles. The summed E-state index contributed by atoms with van der Waals surface area (Å²) in [5.74, 6) is -0.404. The van der Waals surface area contributed by atoms with E-state index in [0.717, 1.165) is 21.6 Å². The normalized spacial score (nSPS) is 11.0. The van der Waals surface area contributed by atoms with Crippen LogP contribution in [0.2, 0.25) is 0 Å². The number of para-hydroxylation sites is 1. The average Bonchev–Trinajstić information content (AvgIpc) is 2.97. The zero-order valence-electron chi connectivity index (χ0n) is 11.8. The van der Waals surface area contributed by atoms with Gasteiger partial charge < -0.3 is 10.5 Å². The number of ether oxygens (including phenoxy) is 1. The minimum atomic E-state index is -0.404. The van der Waals surface area contributed by atoms with Crippen molar-refractivity contribution >= 4 is 32.5 Å². The molecule has 5 nitrogen and oxygen atoms in total. The lowest BCUT2D eigenvalue weighted by Gasteiger charge is -2.05. The molecular weight excluding hydrogens is 286 g/mol. The predicted octanol–water partition coefficient (Wildman–Crippen LogP) is 3.15. The van der Waals surface area contributed by atoms with Crippen LogP contribution in [0.25, 0.3) is 15.9 Å². The molecule has 0 aliphatic carbocycles. The highest BCUT2D eigenvalue weighted by molar-refractivity contribution is 7.23. The third-order valence-electron chi connectivity index (χ3n) is 3.18. The van der Waals surface area contributed by atoms with Crippen molar-refractivity contribution in [1.82, 2.24) is 9.78 Å². The highest BCUT2D eigenvalue weighted by Gasteiger charge is 2.24. The van der Waals surface area contributed by atoms with Gasteiger partial charge in [0, 0.05) is 0 Å². The summed E-state index contributed by atoms with van der Waals surface area (Å²) in [6.07, 6.45) is 0. The first-order chi connectivity index (χ1) is 10.1. The van der Waals surface area contributed by atoms with Crippen LogP contribution in [0.15, 0.2) is 30.3 Å². The van der Waals surface area contributed by atoms with E-state index in [9.17, 15) is 4.79 Å². The second-order valence-corrected chi connectivity index (χ2v) is 5.62. The van der Waals surface area contributed by atoms with Gasteiger partial charge in [-0.25, -0.2) is 9.48 Å². The highest BCUT2D eigenvalue weighted by atomic mass is 32.1. The van der Waals surface area contributed by atoms with Crippen LogP contribution < -0.4 is 5.73 Å². The van der Waals surface area contributed by atoms with E-state index in [1.54, 1.807) is 11.6 Å². The molecule has 0 fully saturated rings. The zero-order valence-corrected chi connectivity index (χ0v) is 12.6. The number of carbonyl (C=O) groups excluding carboxylic acids is 1. The van der Waals surface area contributed by atoms with E-state index < -0.39 is 5.97 Å². The lowest BCUT2D eigenvalue weighted by molar-refractivity contribution is 0.0530. The summed E-state index contributed by atoms with van der Waals surface area (Å²) in [4.78, 5) is 12.2. The van der Waals surface area contributed by atoms with Gasteiger partial charge in [0.15, 0.2) is 0 Å². The number of hydrogen-bond donors (Lipinski definition) is 1. The molecule has 108 valence electrons. The number of fused-ring (bicyclic) bond motifs is 1. The Morgan fingerprint density at radius 2 is 2.10 bits per heavy atom. The Bertz CT molecular complexity index is 805. The maximum absolute atomic E-state index is 12.2. The average molecular weight is 301 g/mol. The van der Waals surface area contributed by atoms with Gasteiger partial charge in [0.2, 0.25) is 0 Å². The van der Waals surface area contributed by atoms with Crippen molar-refractivity contribution in [3.8, 4) is 5.69 Å². The first-order valence-electron chi connectivity index (χ1n) is 6.63. The molecule has 3 aromatic rings. The van der Waals surface area contributed by atoms with E-state index in [1.165, 1.54) is 11.3 Å². The van der Waals surface area contributed by atoms with Gasteiger partial charge in [0.1, 0.15) is 16.1 Å². The van der Waals surface area contributed by atoms with E-state index in [-0.39, 0.29) is 0 Å². The number of carbonyl (C=O) groups is 1. The predicted molar refractivity (Wildman–Crippen MR) is 84.1 cm³/mol. The molecule has 1 aromatic carbocycles. The Balaban J connectivity index is 2.29. The SMILES string of the molecule is CCOC(=O)c1c(N)sc2c(C)nn(-c3ccccc3)c12. The number of nitrogens with two attached hydrogens (primary N) is 1. The molecule has 2 N–H and O–H groups in total. The number of aryl methyl sites for hydroxylation is 1. The van der Waals surface area contributed by atoms with Crippen LogP contribution in [0.5, 0.6) is 0 Å². The molecule has 2 aromatic heterocycles. The van der Waals surface area contributed by atoms with Gasteiger partial charge >= 0.3 is 5.97 Å². The molecular formula is C15H15N3O2S. The summed E-state index contributed by atoms with van der Waals surface area (Å²) in [6.45, 7) is 4.00. The van der Waals surface area contributed by atoms with Crippen molar-refractivity contribution in [2.75, 3.05) is 12.3 Å². The molecule has 0 bridgehead atoms. The summed E-state index contributed by atoms with van der Waals surface area (Å²) in [5, 5.41) is 4.99. The molecule has 0 aliphatic heterocycles. The summed E-state index contributed by atoms with van der Waals surface area (Å²) in [5.41, 5.74) is 8.88. The lowest BCUT2D eigenvalue weighted by Crippen LogP contribution is -2.08. The fraction of sp³-hybridized carbons (Fsp3) is 0.200. The van der Waals surface area contributed by atoms with Crippen molar-refractivity contribution in [1.29, 1.82) is 0 Å². The van der Waals surface area contributed by atoms with Crippen LogP contribution >= 0.6 is 11.3 Å². The molecule has 3 rings (SSSR count). The van der Waals surface area contributed by atoms with Gasteiger partial charge in [0.05, 0.1) is 22.7 Å². The first-order valence-corrected chi connectivity index (χ1v) is 7.45. The van der Waals surface area contributed by atoms with Gasteiger partial charge in [0.25, 0.3) is 0 Å². The van der Waals surface area contributed by atoms with E-state index in [2.05, 4.69) is 5.10 Å². The molecule has 0 saturated carbocycles. The van der Waals surface area contributed by atoms with Crippen molar-refractivity contribution in [3.63, 3.8) is 0 Å². The third kappa shape index (κ3) is 2.17. The van der Waals surface area contributed by atoms with Crippen LogP contribution in [-0.2, 0) is 4.74 Å². The van der Waals surface area contributed by atoms with Crippen molar-refractivity contribution in [3.05, 3.63) is 41.6 Å². The Morgan fingerprint density at radius 3 is 2.76 bits per heavy atom. The molecule has 21 heavy (non-hydrogen) atoms. The number of benzene rings is 1. The van der Waals surface area contributed by atoms with E-state index in [0.29, 0.717) is 17.2 Å². The largest absolute Gasteiger partial charge is 0.462 e. The number of aromatic nitrogens is 2. The fourth-order valence-corrected chi connectivity index (χ4v) is 3.26. The summed E-state index contributed by atoms with van der Waals surface area (Å²) < 4.78 is 7.79. The Morgan fingerprint density at radius 1 is 1.38 bits per heavy atom. The summed E-state index contributed by atoms with van der Waals surface area (Å²) >= 11 is 1.37. The van der Waals surface area contributed by atoms with Crippen LogP contribution in [0, 0.1) is 6.92 Å². The van der Waals surface area contributed by atoms with Crippen LogP contribution in [0.4, 0.5) is 5.00 Å². The molecule has 0 saturated heterocycles. The van der Waals surface area contributed by atoms with Crippen molar-refractivity contribution in [2.45, 2.75) is 13.8 Å². The number of anilines is 1. The minimum absolute atomic E-state index is 0.314. The maximum Gasteiger partial charge on any atom is 0.343 e. The van der Waals surface area contributed by atoms with E-state index >= 15 is 0 Å². The minimum Gasteiger partial charge on any atom is -0.462 e. The second kappa shape index (κ2) is 5.21. The van der Waals surface area contributed by atoms with Crippen LogP contribution in [-0.4, -0.2) is 22.4 Å². The quantitative estimate of drug-likeness (QED) is 0.754. The fourth-order valence-electron chi connectivity index (χ4n) is 2.29. The van der Waals surface area contributed by atoms with Crippen LogP contribution in [0.3, 0.4) is 0 Å². The Kier molecular flexibility index (Phi) is 3.39. The van der Waals surface area contributed by atoms with Crippen molar-refractivity contribution in [2.24, 2.45) is 0 Å². The Labute approximate surface area is 125 Å².